The van der Waals surface area contributed by atoms with E-state index in [4.69, 9.17) is 5.11 Å². The van der Waals surface area contributed by atoms with Crippen LogP contribution in [0.4, 0.5) is 17.1 Å². The highest BCUT2D eigenvalue weighted by Gasteiger charge is 2.46. The van der Waals surface area contributed by atoms with Gasteiger partial charge in [0.25, 0.3) is 5.91 Å². The molecule has 2 atom stereocenters. The molecule has 212 valence electrons. The van der Waals surface area contributed by atoms with Gasteiger partial charge in [-0.1, -0.05) is 0 Å². The van der Waals surface area contributed by atoms with Gasteiger partial charge in [-0.25, -0.2) is 13.1 Å². The number of rotatable bonds is 8. The number of carbonyl (C=O) groups excluding carboxylic acids is 1. The number of nitrogens with zero attached hydrogens (tertiary/aromatic N) is 3. The van der Waals surface area contributed by atoms with Crippen LogP contribution in [0.2, 0.25) is 0 Å². The van der Waals surface area contributed by atoms with Gasteiger partial charge in [0.1, 0.15) is 0 Å². The van der Waals surface area contributed by atoms with Crippen LogP contribution in [0, 0.1) is 17.3 Å². The Morgan fingerprint density at radius 1 is 1.00 bits per heavy atom. The van der Waals surface area contributed by atoms with Crippen molar-refractivity contribution in [2.75, 3.05) is 54.4 Å². The zero-order chi connectivity index (χ0) is 27.6. The summed E-state index contributed by atoms with van der Waals surface area (Å²) in [5, 5.41) is 13.4. The SMILES string of the molecule is Cn1ccc2cc(NC(=O)c3ccc(S(=O)(=O)NCCO)cc3N3CCC4(CC3)CC4)cc(N3CC4CC4C3)c21. The first-order chi connectivity index (χ1) is 19.2. The van der Waals surface area contributed by atoms with Crippen LogP contribution in [0.1, 0.15) is 42.5 Å². The molecule has 7 rings (SSSR count). The summed E-state index contributed by atoms with van der Waals surface area (Å²) in [4.78, 5) is 18.5. The maximum Gasteiger partial charge on any atom is 0.257 e. The molecule has 2 aromatic carbocycles. The van der Waals surface area contributed by atoms with Gasteiger partial charge >= 0.3 is 0 Å². The van der Waals surface area contributed by atoms with E-state index >= 15 is 0 Å². The van der Waals surface area contributed by atoms with Gasteiger partial charge in [-0.15, -0.1) is 0 Å². The molecule has 2 saturated carbocycles. The Morgan fingerprint density at radius 2 is 1.75 bits per heavy atom. The second-order valence-electron chi connectivity index (χ2n) is 12.3. The highest BCUT2D eigenvalue weighted by molar-refractivity contribution is 7.89. The predicted octanol–water partition coefficient (Wildman–Crippen LogP) is 3.54. The highest BCUT2D eigenvalue weighted by atomic mass is 32.2. The molecular weight excluding hydrogens is 526 g/mol. The summed E-state index contributed by atoms with van der Waals surface area (Å²) in [6.45, 7) is 3.37. The zero-order valence-corrected chi connectivity index (χ0v) is 23.7. The molecule has 0 bridgehead atoms. The van der Waals surface area contributed by atoms with Crippen molar-refractivity contribution in [1.82, 2.24) is 9.29 Å². The second-order valence-corrected chi connectivity index (χ2v) is 14.0. The fourth-order valence-electron chi connectivity index (χ4n) is 6.82. The first-order valence-corrected chi connectivity index (χ1v) is 15.9. The number of aliphatic hydroxyl groups excluding tert-OH is 1. The number of hydrogen-bond donors (Lipinski definition) is 3. The van der Waals surface area contributed by atoms with Crippen molar-refractivity contribution < 1.29 is 18.3 Å². The van der Waals surface area contributed by atoms with Gasteiger partial charge in [-0.05, 0) is 85.8 Å². The predicted molar refractivity (Wildman–Crippen MR) is 157 cm³/mol. The lowest BCUT2D eigenvalue weighted by Gasteiger charge is -2.35. The van der Waals surface area contributed by atoms with Crippen LogP contribution < -0.4 is 19.8 Å². The molecule has 10 heteroatoms. The summed E-state index contributed by atoms with van der Waals surface area (Å²) in [6.07, 6.45) is 8.01. The second kappa shape index (κ2) is 9.49. The lowest BCUT2D eigenvalue weighted by Crippen LogP contribution is -2.36. The van der Waals surface area contributed by atoms with E-state index in [0.717, 1.165) is 67.6 Å². The lowest BCUT2D eigenvalue weighted by atomic mass is 9.93. The first-order valence-electron chi connectivity index (χ1n) is 14.4. The van der Waals surface area contributed by atoms with Crippen molar-refractivity contribution >= 4 is 43.9 Å². The monoisotopic (exact) mass is 563 g/mol. The lowest BCUT2D eigenvalue weighted by molar-refractivity contribution is 0.102. The van der Waals surface area contributed by atoms with E-state index in [9.17, 15) is 13.2 Å². The minimum atomic E-state index is -3.81. The molecule has 1 aromatic heterocycles. The average Bonchev–Trinajstić information content (AvgIpc) is 3.81. The van der Waals surface area contributed by atoms with Gasteiger partial charge in [-0.2, -0.15) is 0 Å². The molecule has 1 amide bonds. The Hall–Kier alpha value is -3.08. The molecule has 3 aromatic rings. The third kappa shape index (κ3) is 4.65. The average molecular weight is 564 g/mol. The smallest absolute Gasteiger partial charge is 0.257 e. The molecule has 2 aliphatic carbocycles. The van der Waals surface area contributed by atoms with Crippen molar-refractivity contribution in [3.05, 3.63) is 48.2 Å². The summed E-state index contributed by atoms with van der Waals surface area (Å²) in [5.74, 6) is 1.33. The van der Waals surface area contributed by atoms with E-state index in [-0.39, 0.29) is 24.0 Å². The molecule has 3 heterocycles. The molecule has 2 saturated heterocycles. The number of aromatic nitrogens is 1. The van der Waals surface area contributed by atoms with Crippen molar-refractivity contribution in [3.63, 3.8) is 0 Å². The van der Waals surface area contributed by atoms with Gasteiger partial charge < -0.3 is 24.8 Å². The van der Waals surface area contributed by atoms with Gasteiger partial charge in [0.05, 0.1) is 34.0 Å². The Labute approximate surface area is 235 Å². The molecular formula is C30H37N5O4S. The molecule has 3 N–H and O–H groups in total. The van der Waals surface area contributed by atoms with Gasteiger partial charge in [-0.3, -0.25) is 4.79 Å². The van der Waals surface area contributed by atoms with Crippen LogP contribution in [-0.2, 0) is 17.1 Å². The quantitative estimate of drug-likeness (QED) is 0.387. The van der Waals surface area contributed by atoms with E-state index in [2.05, 4.69) is 49.8 Å². The third-order valence-electron chi connectivity index (χ3n) is 9.58. The molecule has 1 spiro atoms. The van der Waals surface area contributed by atoms with Crippen molar-refractivity contribution in [3.8, 4) is 0 Å². The highest BCUT2D eigenvalue weighted by Crippen LogP contribution is 2.54. The van der Waals surface area contributed by atoms with E-state index in [0.29, 0.717) is 16.7 Å². The number of aliphatic hydroxyl groups is 1. The molecule has 40 heavy (non-hydrogen) atoms. The number of aryl methyl sites for hydroxylation is 1. The third-order valence-corrected chi connectivity index (χ3v) is 11.0. The maximum absolute atomic E-state index is 13.8. The number of carbonyl (C=O) groups is 1. The largest absolute Gasteiger partial charge is 0.395 e. The van der Waals surface area contributed by atoms with E-state index in [1.54, 1.807) is 12.1 Å². The summed E-state index contributed by atoms with van der Waals surface area (Å²) in [5.41, 5.74) is 4.61. The van der Waals surface area contributed by atoms with Crippen LogP contribution in [0.25, 0.3) is 10.9 Å². The van der Waals surface area contributed by atoms with Crippen LogP contribution >= 0.6 is 0 Å². The van der Waals surface area contributed by atoms with Crippen LogP contribution in [0.15, 0.2) is 47.5 Å². The fraction of sp³-hybridized carbons (Fsp3) is 0.500. The number of anilines is 3. The van der Waals surface area contributed by atoms with E-state index in [1.807, 2.05) is 6.07 Å². The number of fused-ring (bicyclic) bond motifs is 2. The minimum absolute atomic E-state index is 0.0606. The van der Waals surface area contributed by atoms with Crippen molar-refractivity contribution in [2.24, 2.45) is 24.3 Å². The normalized spacial score (nSPS) is 23.1. The number of benzene rings is 2. The molecule has 0 radical (unpaired) electrons. The standard InChI is InChI=1S/C30H37N5O4S/c1-33-10-4-20-15-23(16-27(28(20)33)35-18-21-14-22(21)19-35)32-29(37)25-3-2-24(40(38,39)31-9-13-36)17-26(25)34-11-7-30(5-6-30)8-12-34/h2-4,10,15-17,21-22,31,36H,5-9,11-14,18-19H2,1H3,(H,32,37). The van der Waals surface area contributed by atoms with Crippen molar-refractivity contribution in [1.29, 1.82) is 0 Å². The molecule has 4 fully saturated rings. The summed E-state index contributed by atoms with van der Waals surface area (Å²) in [7, 11) is -1.75. The number of hydrogen-bond acceptors (Lipinski definition) is 6. The van der Waals surface area contributed by atoms with Crippen LogP contribution in [0.3, 0.4) is 0 Å². The molecule has 4 aliphatic rings. The Morgan fingerprint density at radius 3 is 2.45 bits per heavy atom. The van der Waals surface area contributed by atoms with E-state index < -0.39 is 10.0 Å². The van der Waals surface area contributed by atoms with Crippen LogP contribution in [0.5, 0.6) is 0 Å². The summed E-state index contributed by atoms with van der Waals surface area (Å²) >= 11 is 0. The van der Waals surface area contributed by atoms with Crippen LogP contribution in [-0.4, -0.2) is 63.3 Å². The van der Waals surface area contributed by atoms with Gasteiger partial charge in [0.15, 0.2) is 0 Å². The Kier molecular flexibility index (Phi) is 6.14. The van der Waals surface area contributed by atoms with Gasteiger partial charge in [0, 0.05) is 57.0 Å². The Bertz CT molecular complexity index is 1570. The van der Waals surface area contributed by atoms with Gasteiger partial charge in [0.2, 0.25) is 10.0 Å². The zero-order valence-electron chi connectivity index (χ0n) is 22.9. The summed E-state index contributed by atoms with van der Waals surface area (Å²) in [6, 6.07) is 10.9. The number of amides is 1. The molecule has 2 unspecified atom stereocenters. The van der Waals surface area contributed by atoms with Crippen molar-refractivity contribution in [2.45, 2.75) is 37.0 Å². The molecule has 9 nitrogen and oxygen atoms in total. The topological polar surface area (TPSA) is 107 Å². The fourth-order valence-corrected chi connectivity index (χ4v) is 7.86. The maximum atomic E-state index is 13.8. The molecule has 2 aliphatic heterocycles. The Balaban J connectivity index is 1.21. The minimum Gasteiger partial charge on any atom is -0.395 e. The summed E-state index contributed by atoms with van der Waals surface area (Å²) < 4.78 is 30.3. The first kappa shape index (κ1) is 25.9. The number of sulfonamides is 1. The number of nitrogens with one attached hydrogen (secondary N) is 2. The number of piperidine rings is 2. The van der Waals surface area contributed by atoms with E-state index in [1.165, 1.54) is 30.8 Å².